The van der Waals surface area contributed by atoms with Crippen molar-refractivity contribution >= 4 is 32.4 Å². The summed E-state index contributed by atoms with van der Waals surface area (Å²) in [6.07, 6.45) is 5.26. The van der Waals surface area contributed by atoms with E-state index in [0.717, 1.165) is 25.7 Å². The Balaban J connectivity index is 1.78. The number of anilines is 2. The molecule has 0 amide bonds. The number of para-hydroxylation sites is 1. The third-order valence-corrected chi connectivity index (χ3v) is 6.66. The topological polar surface area (TPSA) is 112 Å². The molecule has 0 bridgehead atoms. The van der Waals surface area contributed by atoms with E-state index in [0.29, 0.717) is 22.2 Å². The first kappa shape index (κ1) is 20.0. The van der Waals surface area contributed by atoms with Crippen molar-refractivity contribution in [3.8, 4) is 6.07 Å². The zero-order valence-corrected chi connectivity index (χ0v) is 17.0. The first-order valence-corrected chi connectivity index (χ1v) is 11.3. The second-order valence-corrected chi connectivity index (χ2v) is 9.04. The molecule has 0 aliphatic heterocycles. The highest BCUT2D eigenvalue weighted by atomic mass is 32.2. The van der Waals surface area contributed by atoms with Crippen molar-refractivity contribution in [3.63, 3.8) is 0 Å². The van der Waals surface area contributed by atoms with Crippen molar-refractivity contribution in [3.05, 3.63) is 64.5 Å². The molecule has 7 nitrogen and oxygen atoms in total. The molecule has 1 aromatic heterocycles. The third-order valence-electron chi connectivity index (χ3n) is 5.30. The van der Waals surface area contributed by atoms with E-state index in [4.69, 9.17) is 9.68 Å². The summed E-state index contributed by atoms with van der Waals surface area (Å²) in [7, 11) is -4.05. The van der Waals surface area contributed by atoms with Gasteiger partial charge in [-0.1, -0.05) is 31.4 Å². The van der Waals surface area contributed by atoms with E-state index in [2.05, 4.69) is 10.0 Å². The highest BCUT2D eigenvalue weighted by Crippen LogP contribution is 2.33. The van der Waals surface area contributed by atoms with Crippen LogP contribution in [0.3, 0.4) is 0 Å². The Labute approximate surface area is 174 Å². The number of fused-ring (bicyclic) bond motifs is 1. The molecular weight excluding hydrogens is 402 g/mol. The van der Waals surface area contributed by atoms with Crippen LogP contribution in [0.5, 0.6) is 0 Å². The lowest BCUT2D eigenvalue weighted by Crippen LogP contribution is -2.26. The van der Waals surface area contributed by atoms with E-state index in [-0.39, 0.29) is 16.6 Å². The molecule has 2 aromatic carbocycles. The molecule has 1 fully saturated rings. The molecule has 1 heterocycles. The average molecular weight is 423 g/mol. The third kappa shape index (κ3) is 4.02. The van der Waals surface area contributed by atoms with Crippen molar-refractivity contribution in [2.45, 2.75) is 43.0 Å². The van der Waals surface area contributed by atoms with Gasteiger partial charge in [0.2, 0.25) is 0 Å². The maximum Gasteiger partial charge on any atom is 0.363 e. The minimum absolute atomic E-state index is 0.0438. The molecular formula is C22H21N3O4S. The van der Waals surface area contributed by atoms with E-state index in [1.54, 1.807) is 18.2 Å². The quantitative estimate of drug-likeness (QED) is 0.595. The van der Waals surface area contributed by atoms with Gasteiger partial charge in [-0.25, -0.2) is 13.2 Å². The fourth-order valence-corrected chi connectivity index (χ4v) is 4.81. The predicted molar refractivity (Wildman–Crippen MR) is 115 cm³/mol. The largest absolute Gasteiger partial charge is 0.421 e. The van der Waals surface area contributed by atoms with Gasteiger partial charge >= 0.3 is 5.63 Å². The van der Waals surface area contributed by atoms with E-state index in [9.17, 15) is 13.2 Å². The lowest BCUT2D eigenvalue weighted by molar-refractivity contribution is 0.462. The number of hydrogen-bond acceptors (Lipinski definition) is 6. The Morgan fingerprint density at radius 3 is 2.37 bits per heavy atom. The number of rotatable bonds is 5. The first-order valence-electron chi connectivity index (χ1n) is 9.83. The van der Waals surface area contributed by atoms with Gasteiger partial charge in [-0.3, -0.25) is 4.72 Å². The van der Waals surface area contributed by atoms with Crippen LogP contribution in [0.15, 0.2) is 62.6 Å². The average Bonchev–Trinajstić information content (AvgIpc) is 2.77. The van der Waals surface area contributed by atoms with Crippen molar-refractivity contribution in [2.75, 3.05) is 10.0 Å². The normalized spacial score (nSPS) is 14.9. The Morgan fingerprint density at radius 1 is 0.967 bits per heavy atom. The summed E-state index contributed by atoms with van der Waals surface area (Å²) in [5, 5.41) is 13.0. The predicted octanol–water partition coefficient (Wildman–Crippen LogP) is 4.21. The molecule has 0 unspecified atom stereocenters. The molecule has 0 saturated heterocycles. The second-order valence-electron chi connectivity index (χ2n) is 7.36. The molecule has 0 radical (unpaired) electrons. The Morgan fingerprint density at radius 2 is 1.67 bits per heavy atom. The maximum atomic E-state index is 12.9. The van der Waals surface area contributed by atoms with Crippen molar-refractivity contribution in [2.24, 2.45) is 0 Å². The van der Waals surface area contributed by atoms with Gasteiger partial charge in [0.05, 0.1) is 22.2 Å². The zero-order chi connectivity index (χ0) is 21.1. The van der Waals surface area contributed by atoms with Crippen LogP contribution in [-0.2, 0) is 10.0 Å². The summed E-state index contributed by atoms with van der Waals surface area (Å²) in [6.45, 7) is 0. The SMILES string of the molecule is N#Cc1ccc(S(=O)(=O)Nc2c(NC3CCCCC3)c3ccccc3oc2=O)cc1. The van der Waals surface area contributed by atoms with Crippen LogP contribution in [0.25, 0.3) is 11.0 Å². The molecule has 0 spiro atoms. The van der Waals surface area contributed by atoms with Crippen LogP contribution in [0.1, 0.15) is 37.7 Å². The molecule has 1 saturated carbocycles. The van der Waals surface area contributed by atoms with Crippen molar-refractivity contribution in [1.82, 2.24) is 0 Å². The Hall–Kier alpha value is -3.31. The molecule has 2 N–H and O–H groups in total. The fourth-order valence-electron chi connectivity index (χ4n) is 3.75. The lowest BCUT2D eigenvalue weighted by atomic mass is 9.95. The summed E-state index contributed by atoms with van der Waals surface area (Å²) in [5.41, 5.74) is 0.278. The number of nitrogens with zero attached hydrogens (tertiary/aromatic N) is 1. The van der Waals surface area contributed by atoms with Crippen LogP contribution in [-0.4, -0.2) is 14.5 Å². The van der Waals surface area contributed by atoms with Crippen molar-refractivity contribution < 1.29 is 12.8 Å². The second kappa shape index (κ2) is 8.20. The standard InChI is InChI=1S/C22H21N3O4S/c23-14-15-10-12-17(13-11-15)30(27,28)25-21-20(24-16-6-2-1-3-7-16)18-8-4-5-9-19(18)29-22(21)26/h4-5,8-13,16,24-25H,1-3,6-7H2. The summed E-state index contributed by atoms with van der Waals surface area (Å²) in [5.74, 6) is 0. The molecule has 4 rings (SSSR count). The fraction of sp³-hybridized carbons (Fsp3) is 0.273. The van der Waals surface area contributed by atoms with Gasteiger partial charge in [0.25, 0.3) is 10.0 Å². The Kier molecular flexibility index (Phi) is 5.46. The minimum atomic E-state index is -4.05. The molecule has 1 aliphatic rings. The monoisotopic (exact) mass is 423 g/mol. The summed E-state index contributed by atoms with van der Waals surface area (Å²) >= 11 is 0. The Bertz CT molecular complexity index is 1270. The van der Waals surface area contributed by atoms with E-state index in [1.165, 1.54) is 30.7 Å². The van der Waals surface area contributed by atoms with Gasteiger partial charge in [0, 0.05) is 11.4 Å². The summed E-state index contributed by atoms with van der Waals surface area (Å²) in [6, 6.07) is 14.6. The van der Waals surface area contributed by atoms with Crippen LogP contribution < -0.4 is 15.7 Å². The van der Waals surface area contributed by atoms with Crippen LogP contribution in [0.2, 0.25) is 0 Å². The van der Waals surface area contributed by atoms with Gasteiger partial charge in [0.1, 0.15) is 5.58 Å². The minimum Gasteiger partial charge on any atom is -0.421 e. The van der Waals surface area contributed by atoms with E-state index in [1.807, 2.05) is 12.1 Å². The molecule has 0 atom stereocenters. The summed E-state index contributed by atoms with van der Waals surface area (Å²) < 4.78 is 33.6. The molecule has 3 aromatic rings. The molecule has 1 aliphatic carbocycles. The van der Waals surface area contributed by atoms with Gasteiger partial charge in [-0.05, 0) is 49.2 Å². The van der Waals surface area contributed by atoms with Crippen LogP contribution in [0.4, 0.5) is 11.4 Å². The van der Waals surface area contributed by atoms with Gasteiger partial charge < -0.3 is 9.73 Å². The number of sulfonamides is 1. The smallest absolute Gasteiger partial charge is 0.363 e. The molecule has 30 heavy (non-hydrogen) atoms. The zero-order valence-electron chi connectivity index (χ0n) is 16.2. The van der Waals surface area contributed by atoms with Crippen LogP contribution in [0, 0.1) is 11.3 Å². The number of nitrogens with one attached hydrogen (secondary N) is 2. The molecule has 154 valence electrons. The molecule has 8 heteroatoms. The highest BCUT2D eigenvalue weighted by molar-refractivity contribution is 7.92. The maximum absolute atomic E-state index is 12.9. The summed E-state index contributed by atoms with van der Waals surface area (Å²) in [4.78, 5) is 12.7. The van der Waals surface area contributed by atoms with Crippen LogP contribution >= 0.6 is 0 Å². The van der Waals surface area contributed by atoms with Gasteiger partial charge in [-0.2, -0.15) is 5.26 Å². The lowest BCUT2D eigenvalue weighted by Gasteiger charge is -2.25. The first-order chi connectivity index (χ1) is 14.5. The van der Waals surface area contributed by atoms with E-state index >= 15 is 0 Å². The van der Waals surface area contributed by atoms with E-state index < -0.39 is 15.6 Å². The highest BCUT2D eigenvalue weighted by Gasteiger charge is 2.24. The van der Waals surface area contributed by atoms with Crippen molar-refractivity contribution in [1.29, 1.82) is 5.26 Å². The van der Waals surface area contributed by atoms with Gasteiger partial charge in [0.15, 0.2) is 5.69 Å². The number of nitriles is 1. The van der Waals surface area contributed by atoms with Gasteiger partial charge in [-0.15, -0.1) is 0 Å². The number of benzene rings is 2. The number of hydrogen-bond donors (Lipinski definition) is 2.